The Morgan fingerprint density at radius 1 is 0.944 bits per heavy atom. The highest BCUT2D eigenvalue weighted by Gasteiger charge is 2.33. The summed E-state index contributed by atoms with van der Waals surface area (Å²) >= 11 is 0. The van der Waals surface area contributed by atoms with Gasteiger partial charge in [-0.15, -0.1) is 0 Å². The summed E-state index contributed by atoms with van der Waals surface area (Å²) in [6, 6.07) is 15.2. The van der Waals surface area contributed by atoms with E-state index in [0.717, 1.165) is 24.1 Å². The van der Waals surface area contributed by atoms with Crippen molar-refractivity contribution in [2.75, 3.05) is 47.0 Å². The summed E-state index contributed by atoms with van der Waals surface area (Å²) < 4.78 is 18.1. The normalized spacial score (nSPS) is 17.8. The smallest absolute Gasteiger partial charge is 0.275 e. The first-order chi connectivity index (χ1) is 17.6. The van der Waals surface area contributed by atoms with E-state index in [4.69, 9.17) is 19.3 Å². The third kappa shape index (κ3) is 4.66. The standard InChI is InChI=1S/C27H30N4O5/c1-34-22-11-10-19(17-24(22)35-2)21-18-31(20-7-4-3-5-8-20)28-25(21)27(33)30-14-12-29(13-15-30)26(32)23-9-6-16-36-23/h3-5,7-8,10-11,17-18,23H,6,9,12-16H2,1-2H3. The van der Waals surface area contributed by atoms with Crippen molar-refractivity contribution in [2.45, 2.75) is 18.9 Å². The number of carbonyl (C=O) groups excluding carboxylic acids is 2. The van der Waals surface area contributed by atoms with Gasteiger partial charge in [-0.2, -0.15) is 5.10 Å². The van der Waals surface area contributed by atoms with Crippen molar-refractivity contribution in [3.05, 3.63) is 60.4 Å². The molecule has 0 saturated carbocycles. The summed E-state index contributed by atoms with van der Waals surface area (Å²) in [5.41, 5.74) is 2.70. The van der Waals surface area contributed by atoms with Crippen molar-refractivity contribution in [3.8, 4) is 28.3 Å². The Morgan fingerprint density at radius 3 is 2.33 bits per heavy atom. The molecule has 188 valence electrons. The van der Waals surface area contributed by atoms with Crippen LogP contribution < -0.4 is 9.47 Å². The van der Waals surface area contributed by atoms with Gasteiger partial charge >= 0.3 is 0 Å². The van der Waals surface area contributed by atoms with Crippen LogP contribution in [-0.4, -0.2) is 84.5 Å². The maximum absolute atomic E-state index is 13.7. The van der Waals surface area contributed by atoms with Crippen molar-refractivity contribution in [3.63, 3.8) is 0 Å². The first-order valence-electron chi connectivity index (χ1n) is 12.2. The molecule has 3 aromatic rings. The molecule has 2 aliphatic rings. The van der Waals surface area contributed by atoms with Crippen LogP contribution in [0.4, 0.5) is 0 Å². The molecule has 0 spiro atoms. The molecule has 2 aromatic carbocycles. The number of aromatic nitrogens is 2. The predicted molar refractivity (Wildman–Crippen MR) is 134 cm³/mol. The van der Waals surface area contributed by atoms with E-state index >= 15 is 0 Å². The fourth-order valence-corrected chi connectivity index (χ4v) is 4.72. The number of methoxy groups -OCH3 is 2. The van der Waals surface area contributed by atoms with Crippen LogP contribution in [0.2, 0.25) is 0 Å². The molecule has 0 bridgehead atoms. The van der Waals surface area contributed by atoms with Crippen molar-refractivity contribution in [1.82, 2.24) is 19.6 Å². The highest BCUT2D eigenvalue weighted by Crippen LogP contribution is 2.34. The molecular formula is C27H30N4O5. The molecule has 3 heterocycles. The molecule has 1 aromatic heterocycles. The molecule has 2 saturated heterocycles. The Bertz CT molecular complexity index is 1230. The quantitative estimate of drug-likeness (QED) is 0.528. The van der Waals surface area contributed by atoms with Gasteiger partial charge in [0, 0.05) is 44.5 Å². The van der Waals surface area contributed by atoms with Crippen LogP contribution in [0.5, 0.6) is 11.5 Å². The maximum atomic E-state index is 13.7. The number of para-hydroxylation sites is 1. The van der Waals surface area contributed by atoms with Gasteiger partial charge in [0.1, 0.15) is 6.10 Å². The van der Waals surface area contributed by atoms with Gasteiger partial charge in [-0.1, -0.05) is 24.3 Å². The van der Waals surface area contributed by atoms with Crippen LogP contribution in [-0.2, 0) is 9.53 Å². The number of hydrogen-bond acceptors (Lipinski definition) is 6. The molecule has 9 heteroatoms. The van der Waals surface area contributed by atoms with Gasteiger partial charge in [0.15, 0.2) is 17.2 Å². The number of ether oxygens (including phenoxy) is 3. The van der Waals surface area contributed by atoms with E-state index in [1.54, 1.807) is 28.7 Å². The van der Waals surface area contributed by atoms with Crippen LogP contribution >= 0.6 is 0 Å². The summed E-state index contributed by atoms with van der Waals surface area (Å²) in [6.07, 6.45) is 3.20. The fraction of sp³-hybridized carbons (Fsp3) is 0.370. The van der Waals surface area contributed by atoms with E-state index in [2.05, 4.69) is 0 Å². The molecule has 0 N–H and O–H groups in total. The predicted octanol–water partition coefficient (Wildman–Crippen LogP) is 3.02. The molecule has 0 radical (unpaired) electrons. The number of rotatable bonds is 6. The second-order valence-electron chi connectivity index (χ2n) is 8.86. The molecule has 5 rings (SSSR count). The van der Waals surface area contributed by atoms with Crippen LogP contribution in [0, 0.1) is 0 Å². The van der Waals surface area contributed by atoms with Crippen molar-refractivity contribution in [2.24, 2.45) is 0 Å². The lowest BCUT2D eigenvalue weighted by atomic mass is 10.0. The summed E-state index contributed by atoms with van der Waals surface area (Å²) in [6.45, 7) is 2.49. The highest BCUT2D eigenvalue weighted by atomic mass is 16.5. The monoisotopic (exact) mass is 490 g/mol. The highest BCUT2D eigenvalue weighted by molar-refractivity contribution is 5.99. The van der Waals surface area contributed by atoms with Crippen molar-refractivity contribution < 1.29 is 23.8 Å². The first kappa shape index (κ1) is 23.9. The third-order valence-electron chi connectivity index (χ3n) is 6.72. The molecular weight excluding hydrogens is 460 g/mol. The molecule has 0 aliphatic carbocycles. The van der Waals surface area contributed by atoms with Gasteiger partial charge in [0.05, 0.1) is 19.9 Å². The van der Waals surface area contributed by atoms with Gasteiger partial charge in [0.25, 0.3) is 11.8 Å². The Kier molecular flexibility index (Phi) is 6.90. The first-order valence-corrected chi connectivity index (χ1v) is 12.2. The van der Waals surface area contributed by atoms with E-state index in [-0.39, 0.29) is 17.9 Å². The number of nitrogens with zero attached hydrogens (tertiary/aromatic N) is 4. The van der Waals surface area contributed by atoms with Crippen molar-refractivity contribution in [1.29, 1.82) is 0 Å². The number of hydrogen-bond donors (Lipinski definition) is 0. The Labute approximate surface area is 210 Å². The minimum Gasteiger partial charge on any atom is -0.493 e. The summed E-state index contributed by atoms with van der Waals surface area (Å²) in [5.74, 6) is 1.04. The van der Waals surface area contributed by atoms with E-state index in [1.807, 2.05) is 54.7 Å². The lowest BCUT2D eigenvalue weighted by molar-refractivity contribution is -0.142. The Hall–Kier alpha value is -3.85. The molecule has 36 heavy (non-hydrogen) atoms. The lowest BCUT2D eigenvalue weighted by Crippen LogP contribution is -2.53. The second kappa shape index (κ2) is 10.4. The Balaban J connectivity index is 1.42. The number of piperazine rings is 1. The minimum atomic E-state index is -0.342. The maximum Gasteiger partial charge on any atom is 0.275 e. The lowest BCUT2D eigenvalue weighted by Gasteiger charge is -2.35. The average molecular weight is 491 g/mol. The topological polar surface area (TPSA) is 86.1 Å². The average Bonchev–Trinajstić information content (AvgIpc) is 3.63. The second-order valence-corrected chi connectivity index (χ2v) is 8.86. The molecule has 2 fully saturated rings. The van der Waals surface area contributed by atoms with Gasteiger partial charge in [-0.25, -0.2) is 4.68 Å². The van der Waals surface area contributed by atoms with Gasteiger partial charge in [-0.3, -0.25) is 9.59 Å². The largest absolute Gasteiger partial charge is 0.493 e. The molecule has 9 nitrogen and oxygen atoms in total. The summed E-state index contributed by atoms with van der Waals surface area (Å²) in [4.78, 5) is 30.0. The van der Waals surface area contributed by atoms with Gasteiger partial charge in [0.2, 0.25) is 0 Å². The zero-order valence-electron chi connectivity index (χ0n) is 20.6. The van der Waals surface area contributed by atoms with E-state index in [9.17, 15) is 9.59 Å². The minimum absolute atomic E-state index is 0.0268. The van der Waals surface area contributed by atoms with Gasteiger partial charge < -0.3 is 24.0 Å². The van der Waals surface area contributed by atoms with Crippen LogP contribution in [0.25, 0.3) is 16.8 Å². The van der Waals surface area contributed by atoms with Crippen molar-refractivity contribution >= 4 is 11.8 Å². The molecule has 2 amide bonds. The third-order valence-corrected chi connectivity index (χ3v) is 6.72. The Morgan fingerprint density at radius 2 is 1.67 bits per heavy atom. The number of benzene rings is 2. The van der Waals surface area contributed by atoms with Crippen LogP contribution in [0.15, 0.2) is 54.7 Å². The van der Waals surface area contributed by atoms with E-state index < -0.39 is 0 Å². The zero-order chi connectivity index (χ0) is 25.1. The molecule has 1 unspecified atom stereocenters. The molecule has 1 atom stereocenters. The number of amides is 2. The molecule has 2 aliphatic heterocycles. The fourth-order valence-electron chi connectivity index (χ4n) is 4.72. The SMILES string of the molecule is COc1ccc(-c2cn(-c3ccccc3)nc2C(=O)N2CCN(C(=O)C3CCCO3)CC2)cc1OC. The van der Waals surface area contributed by atoms with E-state index in [1.165, 1.54) is 0 Å². The van der Waals surface area contributed by atoms with E-state index in [0.29, 0.717) is 55.5 Å². The summed E-state index contributed by atoms with van der Waals surface area (Å²) in [5, 5.41) is 4.70. The summed E-state index contributed by atoms with van der Waals surface area (Å²) in [7, 11) is 3.17. The van der Waals surface area contributed by atoms with Crippen LogP contribution in [0.1, 0.15) is 23.3 Å². The zero-order valence-corrected chi connectivity index (χ0v) is 20.6. The van der Waals surface area contributed by atoms with Crippen LogP contribution in [0.3, 0.4) is 0 Å². The van der Waals surface area contributed by atoms with Gasteiger partial charge in [-0.05, 0) is 42.7 Å². The number of carbonyl (C=O) groups is 2.